The number of nitrogens with zero attached hydrogens (tertiary/aromatic N) is 2. The van der Waals surface area contributed by atoms with Crippen LogP contribution in [0.15, 0.2) is 77.3 Å². The molecule has 2 amide bonds. The lowest BCUT2D eigenvalue weighted by Crippen LogP contribution is -2.52. The highest BCUT2D eigenvalue weighted by molar-refractivity contribution is 9.10. The Morgan fingerprint density at radius 3 is 2.26 bits per heavy atom. The topological polar surface area (TPSA) is 86.8 Å². The van der Waals surface area contributed by atoms with E-state index in [-0.39, 0.29) is 55.9 Å². The van der Waals surface area contributed by atoms with E-state index in [0.29, 0.717) is 6.42 Å². The Labute approximate surface area is 255 Å². The highest BCUT2D eigenvalue weighted by atomic mass is 79.9. The molecule has 0 aliphatic heterocycles. The molecule has 0 aliphatic carbocycles. The first-order chi connectivity index (χ1) is 19.9. The van der Waals surface area contributed by atoms with Gasteiger partial charge in [0.25, 0.3) is 0 Å². The molecule has 0 unspecified atom stereocenters. The van der Waals surface area contributed by atoms with Crippen molar-refractivity contribution in [1.82, 2.24) is 10.2 Å². The smallest absolute Gasteiger partial charge is 0.243 e. The van der Waals surface area contributed by atoms with Gasteiger partial charge in [0.05, 0.1) is 11.9 Å². The van der Waals surface area contributed by atoms with E-state index in [0.717, 1.165) is 38.3 Å². The SMILES string of the molecule is CC[C@H](C)NC(=O)[C@H](Cc1ccccc1)N(Cc1cccc(Br)c1)C(=O)CCCN(c1ccc(F)c(F)c1)S(C)(=O)=O. The maximum Gasteiger partial charge on any atom is 0.243 e. The monoisotopic (exact) mass is 663 g/mol. The summed E-state index contributed by atoms with van der Waals surface area (Å²) in [5.41, 5.74) is 1.66. The summed E-state index contributed by atoms with van der Waals surface area (Å²) in [4.78, 5) is 29.0. The second kappa shape index (κ2) is 15.2. The first-order valence-corrected chi connectivity index (χ1v) is 16.3. The summed E-state index contributed by atoms with van der Waals surface area (Å²) >= 11 is 3.46. The lowest BCUT2D eigenvalue weighted by molar-refractivity contribution is -0.141. The summed E-state index contributed by atoms with van der Waals surface area (Å²) in [5, 5.41) is 3.01. The van der Waals surface area contributed by atoms with E-state index in [1.807, 2.05) is 68.4 Å². The van der Waals surface area contributed by atoms with E-state index in [2.05, 4.69) is 21.2 Å². The average Bonchev–Trinajstić information content (AvgIpc) is 2.94. The number of anilines is 1. The van der Waals surface area contributed by atoms with Crippen LogP contribution in [0.4, 0.5) is 14.5 Å². The van der Waals surface area contributed by atoms with Crippen LogP contribution in [0.1, 0.15) is 44.2 Å². The van der Waals surface area contributed by atoms with Gasteiger partial charge in [0, 0.05) is 42.5 Å². The maximum atomic E-state index is 13.9. The van der Waals surface area contributed by atoms with Gasteiger partial charge in [0.2, 0.25) is 21.8 Å². The number of hydrogen-bond acceptors (Lipinski definition) is 4. The van der Waals surface area contributed by atoms with Crippen LogP contribution >= 0.6 is 15.9 Å². The number of carbonyl (C=O) groups excluding carboxylic acids is 2. The Morgan fingerprint density at radius 2 is 1.64 bits per heavy atom. The fourth-order valence-electron chi connectivity index (χ4n) is 4.47. The summed E-state index contributed by atoms with van der Waals surface area (Å²) in [5.74, 6) is -2.88. The van der Waals surface area contributed by atoms with Crippen molar-refractivity contribution in [3.8, 4) is 0 Å². The Balaban J connectivity index is 1.90. The van der Waals surface area contributed by atoms with Crippen LogP contribution in [0, 0.1) is 11.6 Å². The number of amides is 2. The third-order valence-corrected chi connectivity index (χ3v) is 8.54. The molecule has 11 heteroatoms. The molecular weight excluding hydrogens is 628 g/mol. The molecule has 3 rings (SSSR count). The minimum absolute atomic E-state index is 0.0373. The molecule has 2 atom stereocenters. The second-order valence-electron chi connectivity index (χ2n) is 10.2. The predicted molar refractivity (Wildman–Crippen MR) is 164 cm³/mol. The van der Waals surface area contributed by atoms with Crippen molar-refractivity contribution in [3.05, 3.63) is 100 Å². The molecule has 0 spiro atoms. The number of sulfonamides is 1. The van der Waals surface area contributed by atoms with Crippen molar-refractivity contribution < 1.29 is 26.8 Å². The Hall–Kier alpha value is -3.31. The molecule has 0 aromatic heterocycles. The number of rotatable bonds is 14. The van der Waals surface area contributed by atoms with Crippen molar-refractivity contribution in [3.63, 3.8) is 0 Å². The molecule has 0 saturated heterocycles. The fraction of sp³-hybridized carbons (Fsp3) is 0.355. The van der Waals surface area contributed by atoms with Gasteiger partial charge in [-0.2, -0.15) is 0 Å². The van der Waals surface area contributed by atoms with E-state index in [4.69, 9.17) is 0 Å². The first-order valence-electron chi connectivity index (χ1n) is 13.7. The molecule has 0 heterocycles. The standard InChI is InChI=1S/C31H36BrF2N3O4S/c1-4-22(2)35-31(39)29(19-23-10-6-5-7-11-23)36(21-24-12-8-13-25(32)18-24)30(38)14-9-17-37(42(3,40)41)26-15-16-27(33)28(34)20-26/h5-8,10-13,15-16,18,20,22,29H,4,9,14,17,19,21H2,1-3H3,(H,35,39)/t22-,29-/m0/s1. The molecule has 3 aromatic carbocycles. The highest BCUT2D eigenvalue weighted by Gasteiger charge is 2.31. The van der Waals surface area contributed by atoms with Gasteiger partial charge in [-0.05, 0) is 55.2 Å². The Morgan fingerprint density at radius 1 is 0.952 bits per heavy atom. The molecule has 1 N–H and O–H groups in total. The molecule has 0 aliphatic rings. The summed E-state index contributed by atoms with van der Waals surface area (Å²) in [6, 6.07) is 18.8. The van der Waals surface area contributed by atoms with Crippen LogP contribution in [0.5, 0.6) is 0 Å². The zero-order chi connectivity index (χ0) is 30.9. The number of benzene rings is 3. The predicted octanol–water partition coefficient (Wildman–Crippen LogP) is 5.83. The third-order valence-electron chi connectivity index (χ3n) is 6.86. The first kappa shape index (κ1) is 33.2. The summed E-state index contributed by atoms with van der Waals surface area (Å²) in [7, 11) is -3.86. The molecule has 3 aromatic rings. The normalized spacial score (nSPS) is 12.8. The van der Waals surface area contributed by atoms with Gasteiger partial charge in [0.15, 0.2) is 11.6 Å². The van der Waals surface area contributed by atoms with Crippen LogP contribution < -0.4 is 9.62 Å². The van der Waals surface area contributed by atoms with Crippen molar-refractivity contribution >= 4 is 43.5 Å². The third kappa shape index (κ3) is 9.62. The lowest BCUT2D eigenvalue weighted by atomic mass is 10.0. The van der Waals surface area contributed by atoms with Gasteiger partial charge in [-0.15, -0.1) is 0 Å². The van der Waals surface area contributed by atoms with Gasteiger partial charge in [-0.1, -0.05) is 65.3 Å². The lowest BCUT2D eigenvalue weighted by Gasteiger charge is -2.32. The van der Waals surface area contributed by atoms with E-state index in [1.165, 1.54) is 11.0 Å². The molecular formula is C31H36BrF2N3O4S. The second-order valence-corrected chi connectivity index (χ2v) is 13.0. The number of carbonyl (C=O) groups is 2. The van der Waals surface area contributed by atoms with Gasteiger partial charge in [0.1, 0.15) is 6.04 Å². The zero-order valence-corrected chi connectivity index (χ0v) is 26.3. The van der Waals surface area contributed by atoms with E-state index >= 15 is 0 Å². The number of halogens is 3. The minimum Gasteiger partial charge on any atom is -0.352 e. The van der Waals surface area contributed by atoms with E-state index < -0.39 is 27.7 Å². The number of nitrogens with one attached hydrogen (secondary N) is 1. The fourth-order valence-corrected chi connectivity index (χ4v) is 5.88. The minimum atomic E-state index is -3.86. The quantitative estimate of drug-likeness (QED) is 0.235. The summed E-state index contributed by atoms with van der Waals surface area (Å²) in [6.07, 6.45) is 1.98. The van der Waals surface area contributed by atoms with Crippen molar-refractivity contribution in [2.24, 2.45) is 0 Å². The Bertz CT molecular complexity index is 1470. The van der Waals surface area contributed by atoms with E-state index in [9.17, 15) is 26.8 Å². The van der Waals surface area contributed by atoms with Gasteiger partial charge in [-0.3, -0.25) is 13.9 Å². The summed E-state index contributed by atoms with van der Waals surface area (Å²) < 4.78 is 54.1. The molecule has 0 bridgehead atoms. The highest BCUT2D eigenvalue weighted by Crippen LogP contribution is 2.23. The number of hydrogen-bond donors (Lipinski definition) is 1. The van der Waals surface area contributed by atoms with Gasteiger partial charge < -0.3 is 10.2 Å². The van der Waals surface area contributed by atoms with Crippen LogP contribution in [-0.4, -0.2) is 50.0 Å². The zero-order valence-electron chi connectivity index (χ0n) is 23.9. The maximum absolute atomic E-state index is 13.9. The largest absolute Gasteiger partial charge is 0.352 e. The van der Waals surface area contributed by atoms with Gasteiger partial charge >= 0.3 is 0 Å². The van der Waals surface area contributed by atoms with E-state index in [1.54, 1.807) is 0 Å². The van der Waals surface area contributed by atoms with Crippen molar-refractivity contribution in [1.29, 1.82) is 0 Å². The van der Waals surface area contributed by atoms with Crippen LogP contribution in [0.2, 0.25) is 0 Å². The Kier molecular flexibility index (Phi) is 12.0. The molecule has 0 radical (unpaired) electrons. The average molecular weight is 665 g/mol. The van der Waals surface area contributed by atoms with Crippen LogP contribution in [0.3, 0.4) is 0 Å². The van der Waals surface area contributed by atoms with Crippen LogP contribution in [-0.2, 0) is 32.6 Å². The van der Waals surface area contributed by atoms with Gasteiger partial charge in [-0.25, -0.2) is 17.2 Å². The van der Waals surface area contributed by atoms with Crippen LogP contribution in [0.25, 0.3) is 0 Å². The molecule has 226 valence electrons. The molecule has 0 fully saturated rings. The van der Waals surface area contributed by atoms with Crippen molar-refractivity contribution in [2.45, 2.75) is 58.2 Å². The molecule has 0 saturated carbocycles. The summed E-state index contributed by atoms with van der Waals surface area (Å²) in [6.45, 7) is 3.88. The molecule has 7 nitrogen and oxygen atoms in total. The molecule has 42 heavy (non-hydrogen) atoms. The van der Waals surface area contributed by atoms with Crippen molar-refractivity contribution in [2.75, 3.05) is 17.1 Å².